The molecule has 2 heteroatoms. The minimum absolute atomic E-state index is 0.116. The SMILES string of the molecule is C[N-]CC(C)(C)N. The van der Waals surface area contributed by atoms with Crippen molar-refractivity contribution in [3.63, 3.8) is 0 Å². The van der Waals surface area contributed by atoms with E-state index in [0.29, 0.717) is 0 Å². The van der Waals surface area contributed by atoms with Gasteiger partial charge in [-0.2, -0.15) is 7.05 Å². The van der Waals surface area contributed by atoms with Crippen molar-refractivity contribution in [1.82, 2.24) is 0 Å². The largest absolute Gasteiger partial charge is 0.664 e. The summed E-state index contributed by atoms with van der Waals surface area (Å²) in [6.07, 6.45) is 0. The van der Waals surface area contributed by atoms with Gasteiger partial charge in [0, 0.05) is 0 Å². The minimum Gasteiger partial charge on any atom is -0.664 e. The third-order valence-electron chi connectivity index (χ3n) is 0.566. The maximum atomic E-state index is 5.55. The summed E-state index contributed by atoms with van der Waals surface area (Å²) in [6.45, 7) is 4.66. The van der Waals surface area contributed by atoms with E-state index in [0.717, 1.165) is 6.54 Å². The van der Waals surface area contributed by atoms with Crippen molar-refractivity contribution in [3.05, 3.63) is 5.32 Å². The molecule has 0 saturated heterocycles. The van der Waals surface area contributed by atoms with Gasteiger partial charge in [-0.15, -0.1) is 6.54 Å². The quantitative estimate of drug-likeness (QED) is 0.547. The van der Waals surface area contributed by atoms with Crippen LogP contribution in [-0.4, -0.2) is 19.1 Å². The van der Waals surface area contributed by atoms with Crippen LogP contribution in [0.15, 0.2) is 0 Å². The Kier molecular flexibility index (Phi) is 2.26. The summed E-state index contributed by atoms with van der Waals surface area (Å²) in [6, 6.07) is 0. The Bertz CT molecular complexity index is 44.5. The highest BCUT2D eigenvalue weighted by molar-refractivity contribution is 4.86. The van der Waals surface area contributed by atoms with Crippen LogP contribution < -0.4 is 5.73 Å². The highest BCUT2D eigenvalue weighted by Gasteiger charge is 2.00. The lowest BCUT2D eigenvalue weighted by atomic mass is 10.1. The highest BCUT2D eigenvalue weighted by atomic mass is 14.9. The minimum atomic E-state index is -0.116. The molecule has 0 spiro atoms. The van der Waals surface area contributed by atoms with Crippen molar-refractivity contribution in [1.29, 1.82) is 0 Å². The van der Waals surface area contributed by atoms with Crippen molar-refractivity contribution in [2.24, 2.45) is 5.73 Å². The summed E-state index contributed by atoms with van der Waals surface area (Å²) < 4.78 is 0. The van der Waals surface area contributed by atoms with E-state index in [1.165, 1.54) is 0 Å². The van der Waals surface area contributed by atoms with Gasteiger partial charge >= 0.3 is 0 Å². The van der Waals surface area contributed by atoms with E-state index in [1.54, 1.807) is 7.05 Å². The Labute approximate surface area is 45.1 Å². The van der Waals surface area contributed by atoms with Crippen molar-refractivity contribution >= 4 is 0 Å². The smallest absolute Gasteiger partial charge is 0.00908 e. The zero-order valence-electron chi connectivity index (χ0n) is 5.23. The second-order valence-corrected chi connectivity index (χ2v) is 2.46. The molecule has 0 unspecified atom stereocenters. The highest BCUT2D eigenvalue weighted by Crippen LogP contribution is 1.97. The first kappa shape index (κ1) is 6.92. The van der Waals surface area contributed by atoms with Gasteiger partial charge in [0.25, 0.3) is 0 Å². The number of likely N-dealkylation sites (N-methyl/N-ethyl adjacent to an activating group) is 1. The number of hydrogen-bond acceptors (Lipinski definition) is 1. The molecule has 0 aliphatic heterocycles. The summed E-state index contributed by atoms with van der Waals surface area (Å²) in [5.74, 6) is 0. The maximum Gasteiger partial charge on any atom is -0.00908 e. The molecule has 0 aliphatic rings. The molecule has 0 radical (unpaired) electrons. The average molecular weight is 101 g/mol. The molecule has 0 rings (SSSR count). The summed E-state index contributed by atoms with van der Waals surface area (Å²) in [7, 11) is 1.77. The maximum absolute atomic E-state index is 5.55. The topological polar surface area (TPSA) is 40.1 Å². The Morgan fingerprint density at radius 1 is 1.57 bits per heavy atom. The standard InChI is InChI=1S/C5H13N2/c1-5(2,6)4-7-3/h4,6H2,1-3H3/q-1. The molecule has 2 nitrogen and oxygen atoms in total. The molecule has 2 N–H and O–H groups in total. The van der Waals surface area contributed by atoms with Gasteiger partial charge in [-0.1, -0.05) is 0 Å². The lowest BCUT2D eigenvalue weighted by molar-refractivity contribution is 0.556. The Morgan fingerprint density at radius 2 is 2.00 bits per heavy atom. The Balaban J connectivity index is 3.15. The molecule has 0 aromatic carbocycles. The normalized spacial score (nSPS) is 12.0. The van der Waals surface area contributed by atoms with Crippen LogP contribution in [0.1, 0.15) is 13.8 Å². The van der Waals surface area contributed by atoms with Crippen LogP contribution in [0.2, 0.25) is 0 Å². The fourth-order valence-corrected chi connectivity index (χ4v) is 0.408. The summed E-state index contributed by atoms with van der Waals surface area (Å²) >= 11 is 0. The van der Waals surface area contributed by atoms with E-state index in [-0.39, 0.29) is 5.54 Å². The van der Waals surface area contributed by atoms with Crippen LogP contribution in [0.5, 0.6) is 0 Å². The number of nitrogens with zero attached hydrogens (tertiary/aromatic N) is 1. The molecule has 0 bridgehead atoms. The van der Waals surface area contributed by atoms with E-state index >= 15 is 0 Å². The molecular formula is C5H13N2-. The van der Waals surface area contributed by atoms with Crippen molar-refractivity contribution in [2.75, 3.05) is 13.6 Å². The molecule has 0 amide bonds. The van der Waals surface area contributed by atoms with Gasteiger partial charge in [0.1, 0.15) is 0 Å². The van der Waals surface area contributed by atoms with Crippen LogP contribution in [0.25, 0.3) is 5.32 Å². The van der Waals surface area contributed by atoms with Gasteiger partial charge < -0.3 is 11.1 Å². The molecule has 0 saturated carbocycles. The predicted molar refractivity (Wildman–Crippen MR) is 32.4 cm³/mol. The first-order valence-electron chi connectivity index (χ1n) is 2.41. The molecule has 44 valence electrons. The van der Waals surface area contributed by atoms with E-state index < -0.39 is 0 Å². The number of rotatable bonds is 2. The van der Waals surface area contributed by atoms with Gasteiger partial charge in [-0.05, 0) is 19.4 Å². The summed E-state index contributed by atoms with van der Waals surface area (Å²) in [5, 5.41) is 3.88. The molecular weight excluding hydrogens is 88.1 g/mol. The molecule has 0 aromatic rings. The van der Waals surface area contributed by atoms with E-state index in [4.69, 9.17) is 5.73 Å². The third-order valence-corrected chi connectivity index (χ3v) is 0.566. The zero-order valence-corrected chi connectivity index (χ0v) is 5.23. The monoisotopic (exact) mass is 101 g/mol. The number of nitrogens with two attached hydrogens (primary N) is 1. The van der Waals surface area contributed by atoms with Gasteiger partial charge in [0.2, 0.25) is 0 Å². The fraction of sp³-hybridized carbons (Fsp3) is 1.00. The van der Waals surface area contributed by atoms with Crippen molar-refractivity contribution < 1.29 is 0 Å². The van der Waals surface area contributed by atoms with E-state index in [1.807, 2.05) is 13.8 Å². The van der Waals surface area contributed by atoms with Crippen LogP contribution >= 0.6 is 0 Å². The predicted octanol–water partition coefficient (Wildman–Crippen LogP) is 0.727. The fourth-order valence-electron chi connectivity index (χ4n) is 0.408. The molecule has 0 atom stereocenters. The van der Waals surface area contributed by atoms with Crippen molar-refractivity contribution in [2.45, 2.75) is 19.4 Å². The van der Waals surface area contributed by atoms with Gasteiger partial charge in [0.05, 0.1) is 0 Å². The second kappa shape index (κ2) is 2.28. The van der Waals surface area contributed by atoms with E-state index in [9.17, 15) is 0 Å². The van der Waals surface area contributed by atoms with Gasteiger partial charge in [0.15, 0.2) is 0 Å². The summed E-state index contributed by atoms with van der Waals surface area (Å²) in [5.41, 5.74) is 5.44. The van der Waals surface area contributed by atoms with E-state index in [2.05, 4.69) is 5.32 Å². The molecule has 0 aliphatic carbocycles. The molecule has 0 fully saturated rings. The molecule has 0 aromatic heterocycles. The Hall–Kier alpha value is -0.0800. The molecule has 0 heterocycles. The lowest BCUT2D eigenvalue weighted by Crippen LogP contribution is -2.35. The third kappa shape index (κ3) is 5.92. The zero-order chi connectivity index (χ0) is 5.91. The molecule has 7 heavy (non-hydrogen) atoms. The Morgan fingerprint density at radius 3 is 2.00 bits per heavy atom. The number of hydrogen-bond donors (Lipinski definition) is 1. The van der Waals surface area contributed by atoms with Crippen molar-refractivity contribution in [3.8, 4) is 0 Å². The van der Waals surface area contributed by atoms with Crippen LogP contribution in [0.4, 0.5) is 0 Å². The van der Waals surface area contributed by atoms with Gasteiger partial charge in [-0.25, -0.2) is 0 Å². The first-order valence-corrected chi connectivity index (χ1v) is 2.41. The summed E-state index contributed by atoms with van der Waals surface area (Å²) in [4.78, 5) is 0. The van der Waals surface area contributed by atoms with Crippen LogP contribution in [0, 0.1) is 0 Å². The van der Waals surface area contributed by atoms with Crippen LogP contribution in [-0.2, 0) is 0 Å². The lowest BCUT2D eigenvalue weighted by Gasteiger charge is -2.25. The van der Waals surface area contributed by atoms with Gasteiger partial charge in [-0.3, -0.25) is 0 Å². The average Bonchev–Trinajstić information content (AvgIpc) is 1.30. The van der Waals surface area contributed by atoms with Crippen LogP contribution in [0.3, 0.4) is 0 Å². The first-order chi connectivity index (χ1) is 3.06. The second-order valence-electron chi connectivity index (χ2n) is 2.46.